The summed E-state index contributed by atoms with van der Waals surface area (Å²) < 4.78 is 5.71. The smallest absolute Gasteiger partial charge is 0.143 e. The van der Waals surface area contributed by atoms with Gasteiger partial charge in [0.05, 0.1) is 12.5 Å². The first-order chi connectivity index (χ1) is 13.4. The minimum Gasteiger partial charge on any atom is -0.496 e. The number of aryl methyl sites for hydroxylation is 1. The van der Waals surface area contributed by atoms with Crippen molar-refractivity contribution in [1.29, 1.82) is 0 Å². The Morgan fingerprint density at radius 1 is 1.25 bits per heavy atom. The van der Waals surface area contributed by atoms with E-state index in [-0.39, 0.29) is 6.61 Å². The van der Waals surface area contributed by atoms with E-state index >= 15 is 0 Å². The number of methoxy groups -OCH3 is 1. The lowest BCUT2D eigenvalue weighted by atomic mass is 9.74. The summed E-state index contributed by atoms with van der Waals surface area (Å²) in [5, 5.41) is 9.08. The van der Waals surface area contributed by atoms with E-state index in [1.807, 2.05) is 6.07 Å². The molecule has 1 N–H and O–H groups in total. The van der Waals surface area contributed by atoms with Gasteiger partial charge in [-0.3, -0.25) is 4.79 Å². The topological polar surface area (TPSA) is 46.5 Å². The predicted molar refractivity (Wildman–Crippen MR) is 116 cm³/mol. The van der Waals surface area contributed by atoms with Gasteiger partial charge in [0.15, 0.2) is 0 Å². The van der Waals surface area contributed by atoms with Gasteiger partial charge in [-0.2, -0.15) is 0 Å². The van der Waals surface area contributed by atoms with Crippen LogP contribution in [0.1, 0.15) is 76.8 Å². The third-order valence-electron chi connectivity index (χ3n) is 5.84. The Labute approximate surface area is 170 Å². The molecule has 1 aromatic rings. The van der Waals surface area contributed by atoms with Gasteiger partial charge in [0.25, 0.3) is 0 Å². The second-order valence-corrected chi connectivity index (χ2v) is 8.30. The molecule has 0 aliphatic heterocycles. The predicted octanol–water partition coefficient (Wildman–Crippen LogP) is 5.69. The van der Waals surface area contributed by atoms with Crippen molar-refractivity contribution >= 4 is 5.78 Å². The van der Waals surface area contributed by atoms with E-state index < -0.39 is 5.41 Å². The van der Waals surface area contributed by atoms with E-state index in [4.69, 9.17) is 9.84 Å². The minimum absolute atomic E-state index is 0.184. The number of carbonyl (C=O) groups excluding carboxylic acids is 1. The second-order valence-electron chi connectivity index (χ2n) is 8.30. The van der Waals surface area contributed by atoms with Crippen LogP contribution in [0.2, 0.25) is 0 Å². The largest absolute Gasteiger partial charge is 0.496 e. The summed E-state index contributed by atoms with van der Waals surface area (Å²) >= 11 is 0. The van der Waals surface area contributed by atoms with Crippen molar-refractivity contribution in [3.05, 3.63) is 52.6 Å². The molecule has 2 rings (SSSR count). The van der Waals surface area contributed by atoms with Crippen molar-refractivity contribution in [2.24, 2.45) is 0 Å². The average molecular weight is 385 g/mol. The molecule has 0 amide bonds. The van der Waals surface area contributed by atoms with E-state index in [9.17, 15) is 4.79 Å². The average Bonchev–Trinajstić information content (AvgIpc) is 3.05. The van der Waals surface area contributed by atoms with Crippen LogP contribution in [0, 0.1) is 0 Å². The van der Waals surface area contributed by atoms with Gasteiger partial charge in [0, 0.05) is 18.6 Å². The third kappa shape index (κ3) is 5.57. The van der Waals surface area contributed by atoms with Gasteiger partial charge in [0.1, 0.15) is 11.5 Å². The second kappa shape index (κ2) is 10.6. The summed E-state index contributed by atoms with van der Waals surface area (Å²) in [6, 6.07) is 6.22. The zero-order valence-corrected chi connectivity index (χ0v) is 18.0. The Balaban J connectivity index is 2.28. The number of allylic oxidation sites excluding steroid dienone is 4. The monoisotopic (exact) mass is 384 g/mol. The van der Waals surface area contributed by atoms with Crippen LogP contribution in [-0.2, 0) is 16.6 Å². The Morgan fingerprint density at radius 2 is 2.04 bits per heavy atom. The number of benzene rings is 1. The molecule has 1 aromatic carbocycles. The summed E-state index contributed by atoms with van der Waals surface area (Å²) in [6.45, 7) is 6.61. The van der Waals surface area contributed by atoms with Crippen LogP contribution in [0.4, 0.5) is 0 Å². The first kappa shape index (κ1) is 22.4. The number of hydrogen-bond donors (Lipinski definition) is 1. The number of ketones is 1. The van der Waals surface area contributed by atoms with E-state index in [0.717, 1.165) is 61.8 Å². The molecule has 0 saturated heterocycles. The van der Waals surface area contributed by atoms with Crippen molar-refractivity contribution in [3.63, 3.8) is 0 Å². The zero-order chi connectivity index (χ0) is 20.6. The lowest BCUT2D eigenvalue weighted by molar-refractivity contribution is -0.122. The van der Waals surface area contributed by atoms with Gasteiger partial charge in [-0.05, 0) is 77.3 Å². The van der Waals surface area contributed by atoms with Crippen molar-refractivity contribution in [2.45, 2.75) is 77.6 Å². The molecule has 154 valence electrons. The van der Waals surface area contributed by atoms with Gasteiger partial charge in [-0.25, -0.2) is 0 Å². The lowest BCUT2D eigenvalue weighted by Gasteiger charge is -2.29. The Kier molecular flexibility index (Phi) is 8.50. The van der Waals surface area contributed by atoms with Gasteiger partial charge < -0.3 is 9.84 Å². The maximum atomic E-state index is 13.0. The zero-order valence-electron chi connectivity index (χ0n) is 18.0. The van der Waals surface area contributed by atoms with E-state index in [2.05, 4.69) is 45.1 Å². The molecular weight excluding hydrogens is 348 g/mol. The Hall–Kier alpha value is -1.87. The summed E-state index contributed by atoms with van der Waals surface area (Å²) in [4.78, 5) is 13.0. The molecule has 0 aromatic heterocycles. The molecule has 3 nitrogen and oxygen atoms in total. The van der Waals surface area contributed by atoms with Crippen LogP contribution in [0.3, 0.4) is 0 Å². The Morgan fingerprint density at radius 3 is 2.64 bits per heavy atom. The van der Waals surface area contributed by atoms with Crippen LogP contribution < -0.4 is 4.74 Å². The summed E-state index contributed by atoms with van der Waals surface area (Å²) in [5.41, 5.74) is 4.40. The van der Waals surface area contributed by atoms with Gasteiger partial charge in [-0.15, -0.1) is 0 Å². The van der Waals surface area contributed by atoms with Crippen LogP contribution in [0.5, 0.6) is 5.75 Å². The number of aliphatic hydroxyl groups is 1. The van der Waals surface area contributed by atoms with Crippen molar-refractivity contribution in [1.82, 2.24) is 0 Å². The fourth-order valence-corrected chi connectivity index (χ4v) is 4.15. The number of carbonyl (C=O) groups is 1. The molecular formula is C25H36O3. The van der Waals surface area contributed by atoms with Gasteiger partial charge >= 0.3 is 0 Å². The molecule has 0 spiro atoms. The summed E-state index contributed by atoms with van der Waals surface area (Å²) in [6.07, 6.45) is 11.4. The molecule has 28 heavy (non-hydrogen) atoms. The molecule has 3 heteroatoms. The molecule has 0 radical (unpaired) electrons. The molecule has 1 unspecified atom stereocenters. The highest BCUT2D eigenvalue weighted by Gasteiger charge is 2.44. The fraction of sp³-hybridized carbons (Fsp3) is 0.560. The lowest BCUT2D eigenvalue weighted by Crippen LogP contribution is -2.31. The summed E-state index contributed by atoms with van der Waals surface area (Å²) in [7, 11) is 1.68. The highest BCUT2D eigenvalue weighted by atomic mass is 16.5. The maximum Gasteiger partial charge on any atom is 0.143 e. The molecule has 0 bridgehead atoms. The van der Waals surface area contributed by atoms with Crippen molar-refractivity contribution in [3.8, 4) is 5.75 Å². The van der Waals surface area contributed by atoms with Gasteiger partial charge in [0.2, 0.25) is 0 Å². The first-order valence-electron chi connectivity index (χ1n) is 10.5. The normalized spacial score (nSPS) is 19.8. The quantitative estimate of drug-likeness (QED) is 0.527. The maximum absolute atomic E-state index is 13.0. The number of rotatable bonds is 10. The Bertz CT molecular complexity index is 725. The SMILES string of the molecule is COc1cc(CCCO)ccc1C1(C/C=C(\C)CCC=C(C)C)CCCC1=O. The van der Waals surface area contributed by atoms with E-state index in [1.165, 1.54) is 11.1 Å². The molecule has 1 fully saturated rings. The van der Waals surface area contributed by atoms with Gasteiger partial charge in [-0.1, -0.05) is 35.4 Å². The number of Topliss-reactive ketones (excluding diaryl/α,β-unsaturated/α-hetero) is 1. The highest BCUT2D eigenvalue weighted by Crippen LogP contribution is 2.45. The van der Waals surface area contributed by atoms with E-state index in [1.54, 1.807) is 7.11 Å². The number of hydrogen-bond acceptors (Lipinski definition) is 3. The molecule has 1 atom stereocenters. The van der Waals surface area contributed by atoms with Crippen LogP contribution >= 0.6 is 0 Å². The van der Waals surface area contributed by atoms with Crippen molar-refractivity contribution in [2.75, 3.05) is 13.7 Å². The van der Waals surface area contributed by atoms with Crippen LogP contribution in [-0.4, -0.2) is 24.6 Å². The molecule has 1 saturated carbocycles. The van der Waals surface area contributed by atoms with Crippen LogP contribution in [0.25, 0.3) is 0 Å². The van der Waals surface area contributed by atoms with Crippen LogP contribution in [0.15, 0.2) is 41.5 Å². The highest BCUT2D eigenvalue weighted by molar-refractivity contribution is 5.93. The van der Waals surface area contributed by atoms with Crippen molar-refractivity contribution < 1.29 is 14.6 Å². The van der Waals surface area contributed by atoms with E-state index in [0.29, 0.717) is 12.2 Å². The standard InChI is InChI=1S/C25H36O3/c1-19(2)8-5-9-20(3)14-16-25(15-6-11-24(25)27)22-13-12-21(10-7-17-26)18-23(22)28-4/h8,12-14,18,26H,5-7,9-11,15-17H2,1-4H3/b20-14+. The molecule has 0 heterocycles. The molecule has 1 aliphatic rings. The summed E-state index contributed by atoms with van der Waals surface area (Å²) in [5.74, 6) is 1.14. The number of ether oxygens (including phenoxy) is 1. The minimum atomic E-state index is -0.460. The third-order valence-corrected chi connectivity index (χ3v) is 5.84. The first-order valence-corrected chi connectivity index (χ1v) is 10.5. The molecule has 1 aliphatic carbocycles. The fourth-order valence-electron chi connectivity index (χ4n) is 4.15. The number of aliphatic hydroxyl groups excluding tert-OH is 1.